The minimum absolute atomic E-state index is 0.120. The summed E-state index contributed by atoms with van der Waals surface area (Å²) in [5, 5.41) is 2.95. The van der Waals surface area contributed by atoms with Gasteiger partial charge < -0.3 is 15.6 Å². The normalized spacial score (nSPS) is 14.6. The molecule has 5 nitrogen and oxygen atoms in total. The molecule has 6 heteroatoms. The number of benzene rings is 2. The summed E-state index contributed by atoms with van der Waals surface area (Å²) in [5.74, 6) is 0.887. The number of halogens is 1. The van der Waals surface area contributed by atoms with E-state index in [0.29, 0.717) is 11.9 Å². The first-order valence-corrected chi connectivity index (χ1v) is 11.4. The van der Waals surface area contributed by atoms with E-state index in [1.165, 1.54) is 32.1 Å². The number of carbonyl (C=O) groups is 1. The molecule has 1 aliphatic rings. The highest BCUT2D eigenvalue weighted by molar-refractivity contribution is 9.10. The second kappa shape index (κ2) is 9.47. The highest BCUT2D eigenvalue weighted by Crippen LogP contribution is 2.35. The van der Waals surface area contributed by atoms with Gasteiger partial charge in [0.1, 0.15) is 6.54 Å². The molecular formula is C24H27BrN4O. The van der Waals surface area contributed by atoms with Crippen LogP contribution in [0, 0.1) is 5.92 Å². The number of imidazole rings is 1. The van der Waals surface area contributed by atoms with Crippen LogP contribution in [0.1, 0.15) is 37.8 Å². The Balaban J connectivity index is 1.66. The molecule has 0 spiro atoms. The van der Waals surface area contributed by atoms with Gasteiger partial charge in [-0.3, -0.25) is 4.79 Å². The number of hydrogen-bond acceptors (Lipinski definition) is 3. The molecule has 0 radical (unpaired) electrons. The van der Waals surface area contributed by atoms with Gasteiger partial charge in [0.15, 0.2) is 0 Å². The van der Waals surface area contributed by atoms with Crippen LogP contribution in [0.3, 0.4) is 0 Å². The summed E-state index contributed by atoms with van der Waals surface area (Å²) in [5.41, 5.74) is 10.0. The molecule has 0 aliphatic heterocycles. The van der Waals surface area contributed by atoms with Gasteiger partial charge in [-0.1, -0.05) is 84.4 Å². The molecule has 4 rings (SSSR count). The first-order valence-electron chi connectivity index (χ1n) is 10.6. The Bertz CT molecular complexity index is 1010. The number of nitrogens with zero attached hydrogens (tertiary/aromatic N) is 2. The number of nitrogen functional groups attached to an aromatic ring is 1. The van der Waals surface area contributed by atoms with Gasteiger partial charge >= 0.3 is 0 Å². The second-order valence-electron chi connectivity index (χ2n) is 7.95. The predicted molar refractivity (Wildman–Crippen MR) is 125 cm³/mol. The largest absolute Gasteiger partial charge is 0.369 e. The van der Waals surface area contributed by atoms with Crippen LogP contribution in [0.4, 0.5) is 11.6 Å². The van der Waals surface area contributed by atoms with Crippen LogP contribution in [0.2, 0.25) is 0 Å². The Morgan fingerprint density at radius 2 is 1.77 bits per heavy atom. The van der Waals surface area contributed by atoms with Crippen molar-refractivity contribution in [3.05, 3.63) is 64.8 Å². The van der Waals surface area contributed by atoms with E-state index in [0.717, 1.165) is 33.5 Å². The van der Waals surface area contributed by atoms with Crippen molar-refractivity contribution in [3.63, 3.8) is 0 Å². The summed E-state index contributed by atoms with van der Waals surface area (Å²) in [7, 11) is 0. The molecule has 2 aromatic carbocycles. The maximum atomic E-state index is 12.8. The third-order valence-electron chi connectivity index (χ3n) is 5.76. The molecule has 0 unspecified atom stereocenters. The maximum Gasteiger partial charge on any atom is 0.244 e. The van der Waals surface area contributed by atoms with Crippen LogP contribution in [-0.2, 0) is 17.8 Å². The van der Waals surface area contributed by atoms with Crippen LogP contribution < -0.4 is 11.1 Å². The summed E-state index contributed by atoms with van der Waals surface area (Å²) in [6.07, 6.45) is 7.25. The zero-order valence-corrected chi connectivity index (χ0v) is 18.6. The number of hydrogen-bond donors (Lipinski definition) is 2. The predicted octanol–water partition coefficient (Wildman–Crippen LogP) is 5.66. The van der Waals surface area contributed by atoms with E-state index in [-0.39, 0.29) is 12.5 Å². The first kappa shape index (κ1) is 20.7. The molecule has 0 atom stereocenters. The standard InChI is InChI=1S/C24H27BrN4O/c25-20-14-8-7-13-19(20)23-21(15-17-9-3-1-4-10-17)28-24(26)29(23)16-22(30)27-18-11-5-2-6-12-18/h2,5-8,11-14,17H,1,3-4,9-10,15-16H2,(H2,26,28)(H,27,30). The van der Waals surface area contributed by atoms with Crippen molar-refractivity contribution in [2.45, 2.75) is 45.1 Å². The van der Waals surface area contributed by atoms with Gasteiger partial charge in [0.05, 0.1) is 11.4 Å². The van der Waals surface area contributed by atoms with Gasteiger partial charge in [-0.25, -0.2) is 4.98 Å². The minimum Gasteiger partial charge on any atom is -0.369 e. The average Bonchev–Trinajstić information content (AvgIpc) is 3.04. The average molecular weight is 467 g/mol. The van der Waals surface area contributed by atoms with Gasteiger partial charge in [0.25, 0.3) is 0 Å². The molecule has 156 valence electrons. The molecule has 1 saturated carbocycles. The smallest absolute Gasteiger partial charge is 0.244 e. The van der Waals surface area contributed by atoms with Gasteiger partial charge in [-0.05, 0) is 30.5 Å². The zero-order chi connectivity index (χ0) is 20.9. The summed E-state index contributed by atoms with van der Waals surface area (Å²) < 4.78 is 2.82. The van der Waals surface area contributed by atoms with Crippen LogP contribution in [0.25, 0.3) is 11.3 Å². The lowest BCUT2D eigenvalue weighted by Crippen LogP contribution is -2.20. The highest BCUT2D eigenvalue weighted by Gasteiger charge is 2.24. The lowest BCUT2D eigenvalue weighted by Gasteiger charge is -2.21. The topological polar surface area (TPSA) is 72.9 Å². The molecule has 1 fully saturated rings. The number of anilines is 2. The van der Waals surface area contributed by atoms with Crippen molar-refractivity contribution >= 4 is 33.5 Å². The summed E-state index contributed by atoms with van der Waals surface area (Å²) in [4.78, 5) is 17.5. The first-order chi connectivity index (χ1) is 14.6. The molecule has 30 heavy (non-hydrogen) atoms. The third kappa shape index (κ3) is 4.75. The van der Waals surface area contributed by atoms with Crippen molar-refractivity contribution in [2.24, 2.45) is 5.92 Å². The fourth-order valence-corrected chi connectivity index (χ4v) is 4.78. The van der Waals surface area contributed by atoms with E-state index in [2.05, 4.69) is 27.3 Å². The van der Waals surface area contributed by atoms with E-state index < -0.39 is 0 Å². The summed E-state index contributed by atoms with van der Waals surface area (Å²) in [6.45, 7) is 0.120. The Kier molecular flexibility index (Phi) is 6.53. The fourth-order valence-electron chi connectivity index (χ4n) is 4.31. The van der Waals surface area contributed by atoms with Gasteiger partial charge in [0, 0.05) is 15.7 Å². The SMILES string of the molecule is Nc1nc(CC2CCCCC2)c(-c2ccccc2Br)n1CC(=O)Nc1ccccc1. The van der Waals surface area contributed by atoms with E-state index in [1.54, 1.807) is 0 Å². The van der Waals surface area contributed by atoms with E-state index in [9.17, 15) is 4.79 Å². The van der Waals surface area contributed by atoms with Crippen molar-refractivity contribution in [3.8, 4) is 11.3 Å². The molecule has 3 N–H and O–H groups in total. The van der Waals surface area contributed by atoms with Crippen molar-refractivity contribution < 1.29 is 4.79 Å². The highest BCUT2D eigenvalue weighted by atomic mass is 79.9. The molecule has 1 heterocycles. The number of amides is 1. The van der Waals surface area contributed by atoms with E-state index in [1.807, 2.05) is 53.1 Å². The number of nitrogens with two attached hydrogens (primary N) is 1. The monoisotopic (exact) mass is 466 g/mol. The Morgan fingerprint density at radius 1 is 1.07 bits per heavy atom. The van der Waals surface area contributed by atoms with Crippen molar-refractivity contribution in [2.75, 3.05) is 11.1 Å². The molecule has 1 aromatic heterocycles. The molecule has 0 bridgehead atoms. The quantitative estimate of drug-likeness (QED) is 0.492. The number of aromatic nitrogens is 2. The lowest BCUT2D eigenvalue weighted by molar-refractivity contribution is -0.116. The molecule has 3 aromatic rings. The van der Waals surface area contributed by atoms with Crippen molar-refractivity contribution in [1.29, 1.82) is 0 Å². The second-order valence-corrected chi connectivity index (χ2v) is 8.81. The Hall–Kier alpha value is -2.60. The number of para-hydroxylation sites is 1. The molecule has 0 saturated heterocycles. The van der Waals surface area contributed by atoms with Gasteiger partial charge in [-0.2, -0.15) is 0 Å². The van der Waals surface area contributed by atoms with Crippen LogP contribution in [-0.4, -0.2) is 15.5 Å². The Morgan fingerprint density at radius 3 is 2.50 bits per heavy atom. The zero-order valence-electron chi connectivity index (χ0n) is 17.0. The van der Waals surface area contributed by atoms with Gasteiger partial charge in [-0.15, -0.1) is 0 Å². The molecular weight excluding hydrogens is 440 g/mol. The number of rotatable bonds is 6. The maximum absolute atomic E-state index is 12.8. The van der Waals surface area contributed by atoms with Crippen molar-refractivity contribution in [1.82, 2.24) is 9.55 Å². The minimum atomic E-state index is -0.122. The fraction of sp³-hybridized carbons (Fsp3) is 0.333. The third-order valence-corrected chi connectivity index (χ3v) is 6.46. The summed E-state index contributed by atoms with van der Waals surface area (Å²) in [6, 6.07) is 17.5. The molecule has 1 aliphatic carbocycles. The van der Waals surface area contributed by atoms with E-state index in [4.69, 9.17) is 10.7 Å². The number of nitrogens with one attached hydrogen (secondary N) is 1. The van der Waals surface area contributed by atoms with Crippen LogP contribution in [0.15, 0.2) is 59.1 Å². The van der Waals surface area contributed by atoms with Gasteiger partial charge in [0.2, 0.25) is 11.9 Å². The summed E-state index contributed by atoms with van der Waals surface area (Å²) >= 11 is 3.67. The molecule has 1 amide bonds. The lowest BCUT2D eigenvalue weighted by atomic mass is 9.85. The van der Waals surface area contributed by atoms with Crippen LogP contribution in [0.5, 0.6) is 0 Å². The van der Waals surface area contributed by atoms with E-state index >= 15 is 0 Å². The van der Waals surface area contributed by atoms with Crippen LogP contribution >= 0.6 is 15.9 Å². The Labute approximate surface area is 185 Å². The number of carbonyl (C=O) groups excluding carboxylic acids is 1.